The molecule has 80 valence electrons. The molecular formula is C9H17N3OS. The number of nitrogens with two attached hydrogens (primary N) is 2. The molecule has 0 bridgehead atoms. The van der Waals surface area contributed by atoms with Crippen molar-refractivity contribution in [3.63, 3.8) is 0 Å². The Bertz CT molecular complexity index is 232. The minimum absolute atomic E-state index is 0.00935. The van der Waals surface area contributed by atoms with Gasteiger partial charge in [0.1, 0.15) is 0 Å². The van der Waals surface area contributed by atoms with Crippen LogP contribution >= 0.6 is 12.2 Å². The summed E-state index contributed by atoms with van der Waals surface area (Å²) in [5.74, 6) is -0.180. The SMILES string of the molecule is NC(=O)C1CCCN(CCC(N)=S)C1. The topological polar surface area (TPSA) is 72.4 Å². The van der Waals surface area contributed by atoms with Crippen LogP contribution in [0.15, 0.2) is 0 Å². The summed E-state index contributed by atoms with van der Waals surface area (Å²) in [6.45, 7) is 2.63. The minimum atomic E-state index is -0.190. The molecule has 0 radical (unpaired) electrons. The van der Waals surface area contributed by atoms with E-state index >= 15 is 0 Å². The van der Waals surface area contributed by atoms with Crippen molar-refractivity contribution in [1.82, 2.24) is 4.90 Å². The first-order chi connectivity index (χ1) is 6.59. The van der Waals surface area contributed by atoms with E-state index in [2.05, 4.69) is 4.90 Å². The summed E-state index contributed by atoms with van der Waals surface area (Å²) in [6, 6.07) is 0. The summed E-state index contributed by atoms with van der Waals surface area (Å²) >= 11 is 4.80. The molecule has 0 aromatic rings. The van der Waals surface area contributed by atoms with E-state index in [0.717, 1.165) is 38.9 Å². The van der Waals surface area contributed by atoms with Crippen LogP contribution < -0.4 is 11.5 Å². The Kier molecular flexibility index (Phi) is 4.28. The maximum Gasteiger partial charge on any atom is 0.221 e. The molecule has 1 rings (SSSR count). The van der Waals surface area contributed by atoms with Gasteiger partial charge in [-0.2, -0.15) is 0 Å². The summed E-state index contributed by atoms with van der Waals surface area (Å²) in [5, 5.41) is 0. The van der Waals surface area contributed by atoms with Crippen molar-refractivity contribution < 1.29 is 4.79 Å². The lowest BCUT2D eigenvalue weighted by Gasteiger charge is -2.30. The van der Waals surface area contributed by atoms with Crippen LogP contribution in [0.25, 0.3) is 0 Å². The molecule has 1 aliphatic heterocycles. The number of likely N-dealkylation sites (tertiary alicyclic amines) is 1. The van der Waals surface area contributed by atoms with Crippen molar-refractivity contribution >= 4 is 23.1 Å². The van der Waals surface area contributed by atoms with Gasteiger partial charge in [-0.15, -0.1) is 0 Å². The molecule has 1 fully saturated rings. The Labute approximate surface area is 89.6 Å². The number of hydrogen-bond donors (Lipinski definition) is 2. The first-order valence-electron chi connectivity index (χ1n) is 4.89. The van der Waals surface area contributed by atoms with Crippen LogP contribution in [-0.2, 0) is 4.79 Å². The lowest BCUT2D eigenvalue weighted by atomic mass is 9.97. The number of primary amides is 1. The lowest BCUT2D eigenvalue weighted by molar-refractivity contribution is -0.123. The van der Waals surface area contributed by atoms with Gasteiger partial charge in [0.15, 0.2) is 0 Å². The van der Waals surface area contributed by atoms with Crippen LogP contribution in [0.5, 0.6) is 0 Å². The molecule has 1 unspecified atom stereocenters. The van der Waals surface area contributed by atoms with Crippen LogP contribution in [-0.4, -0.2) is 35.4 Å². The van der Waals surface area contributed by atoms with E-state index in [4.69, 9.17) is 23.7 Å². The molecule has 1 atom stereocenters. The van der Waals surface area contributed by atoms with Crippen molar-refractivity contribution in [2.75, 3.05) is 19.6 Å². The third kappa shape index (κ3) is 3.59. The van der Waals surface area contributed by atoms with E-state index in [0.29, 0.717) is 4.99 Å². The van der Waals surface area contributed by atoms with Gasteiger partial charge in [-0.05, 0) is 19.4 Å². The summed E-state index contributed by atoms with van der Waals surface area (Å²) in [5.41, 5.74) is 10.7. The summed E-state index contributed by atoms with van der Waals surface area (Å²) in [7, 11) is 0. The predicted octanol–water partition coefficient (Wildman–Crippen LogP) is -0.140. The van der Waals surface area contributed by atoms with Gasteiger partial charge in [-0.25, -0.2) is 0 Å². The first kappa shape index (κ1) is 11.4. The highest BCUT2D eigenvalue weighted by atomic mass is 32.1. The number of nitrogens with zero attached hydrogens (tertiary/aromatic N) is 1. The van der Waals surface area contributed by atoms with Gasteiger partial charge < -0.3 is 16.4 Å². The highest BCUT2D eigenvalue weighted by Gasteiger charge is 2.23. The zero-order valence-corrected chi connectivity index (χ0v) is 9.05. The van der Waals surface area contributed by atoms with Crippen LogP contribution in [0.1, 0.15) is 19.3 Å². The number of carbonyl (C=O) groups is 1. The maximum atomic E-state index is 11.0. The molecule has 4 nitrogen and oxygen atoms in total. The van der Waals surface area contributed by atoms with Gasteiger partial charge in [0.2, 0.25) is 5.91 Å². The van der Waals surface area contributed by atoms with E-state index in [1.54, 1.807) is 0 Å². The van der Waals surface area contributed by atoms with Gasteiger partial charge in [-0.1, -0.05) is 12.2 Å². The normalized spacial score (nSPS) is 23.3. The zero-order valence-electron chi connectivity index (χ0n) is 8.24. The molecule has 14 heavy (non-hydrogen) atoms. The van der Waals surface area contributed by atoms with Crippen LogP contribution in [0.2, 0.25) is 0 Å². The quantitative estimate of drug-likeness (QED) is 0.640. The average molecular weight is 215 g/mol. The van der Waals surface area contributed by atoms with E-state index in [9.17, 15) is 4.79 Å². The second kappa shape index (κ2) is 5.26. The minimum Gasteiger partial charge on any atom is -0.393 e. The Hall–Kier alpha value is -0.680. The van der Waals surface area contributed by atoms with E-state index in [-0.39, 0.29) is 11.8 Å². The van der Waals surface area contributed by atoms with Crippen molar-refractivity contribution in [2.24, 2.45) is 17.4 Å². The third-order valence-corrected chi connectivity index (χ3v) is 2.79. The number of piperidine rings is 1. The smallest absolute Gasteiger partial charge is 0.221 e. The van der Waals surface area contributed by atoms with Crippen LogP contribution in [0, 0.1) is 5.92 Å². The predicted molar refractivity (Wildman–Crippen MR) is 59.8 cm³/mol. The highest BCUT2D eigenvalue weighted by molar-refractivity contribution is 7.80. The number of hydrogen-bond acceptors (Lipinski definition) is 3. The Balaban J connectivity index is 2.32. The molecule has 0 aliphatic carbocycles. The maximum absolute atomic E-state index is 11.0. The average Bonchev–Trinajstić information content (AvgIpc) is 2.15. The fourth-order valence-electron chi connectivity index (χ4n) is 1.76. The largest absolute Gasteiger partial charge is 0.393 e. The van der Waals surface area contributed by atoms with Gasteiger partial charge in [0.25, 0.3) is 0 Å². The van der Waals surface area contributed by atoms with Crippen molar-refractivity contribution in [3.05, 3.63) is 0 Å². The summed E-state index contributed by atoms with van der Waals surface area (Å²) < 4.78 is 0. The zero-order chi connectivity index (χ0) is 10.6. The fraction of sp³-hybridized carbons (Fsp3) is 0.778. The van der Waals surface area contributed by atoms with Gasteiger partial charge >= 0.3 is 0 Å². The number of carbonyl (C=O) groups excluding carboxylic acids is 1. The monoisotopic (exact) mass is 215 g/mol. The summed E-state index contributed by atoms with van der Waals surface area (Å²) in [6.07, 6.45) is 2.67. The number of thiocarbonyl (C=S) groups is 1. The van der Waals surface area contributed by atoms with Gasteiger partial charge in [0.05, 0.1) is 10.9 Å². The second-order valence-corrected chi connectivity index (χ2v) is 4.28. The third-order valence-electron chi connectivity index (χ3n) is 2.58. The van der Waals surface area contributed by atoms with Crippen molar-refractivity contribution in [2.45, 2.75) is 19.3 Å². The molecule has 0 saturated carbocycles. The molecule has 5 heteroatoms. The highest BCUT2D eigenvalue weighted by Crippen LogP contribution is 2.15. The number of amides is 1. The molecule has 0 spiro atoms. The Morgan fingerprint density at radius 3 is 2.79 bits per heavy atom. The van der Waals surface area contributed by atoms with Crippen LogP contribution in [0.4, 0.5) is 0 Å². The number of rotatable bonds is 4. The molecule has 1 saturated heterocycles. The van der Waals surface area contributed by atoms with Crippen LogP contribution in [0.3, 0.4) is 0 Å². The van der Waals surface area contributed by atoms with E-state index < -0.39 is 0 Å². The fourth-order valence-corrected chi connectivity index (χ4v) is 1.85. The second-order valence-electron chi connectivity index (χ2n) is 3.76. The van der Waals surface area contributed by atoms with E-state index in [1.165, 1.54) is 0 Å². The Morgan fingerprint density at radius 2 is 2.21 bits per heavy atom. The molecule has 1 aliphatic rings. The Morgan fingerprint density at radius 1 is 1.50 bits per heavy atom. The van der Waals surface area contributed by atoms with E-state index in [1.807, 2.05) is 0 Å². The van der Waals surface area contributed by atoms with Crippen molar-refractivity contribution in [1.29, 1.82) is 0 Å². The van der Waals surface area contributed by atoms with Crippen molar-refractivity contribution in [3.8, 4) is 0 Å². The molecule has 0 aromatic carbocycles. The standard InChI is InChI=1S/C9H17N3OS/c10-8(14)3-5-12-4-1-2-7(6-12)9(11)13/h7H,1-6H2,(H2,10,14)(H2,11,13). The molecule has 0 aromatic heterocycles. The first-order valence-corrected chi connectivity index (χ1v) is 5.30. The van der Waals surface area contributed by atoms with Gasteiger partial charge in [0, 0.05) is 19.5 Å². The summed E-state index contributed by atoms with van der Waals surface area (Å²) in [4.78, 5) is 13.7. The molecule has 4 N–H and O–H groups in total. The lowest BCUT2D eigenvalue weighted by Crippen LogP contribution is -2.42. The van der Waals surface area contributed by atoms with Gasteiger partial charge in [-0.3, -0.25) is 4.79 Å². The molecule has 1 heterocycles. The molecular weight excluding hydrogens is 198 g/mol. The molecule has 1 amide bonds.